The topological polar surface area (TPSA) is 78.8 Å². The highest BCUT2D eigenvalue weighted by Gasteiger charge is 2.29. The molecule has 1 amide bonds. The van der Waals surface area contributed by atoms with Crippen LogP contribution in [0.1, 0.15) is 37.7 Å². The summed E-state index contributed by atoms with van der Waals surface area (Å²) in [6.07, 6.45) is 3.93. The van der Waals surface area contributed by atoms with Crippen molar-refractivity contribution in [2.24, 2.45) is 5.92 Å². The standard InChI is InChI=1S/C17H25NO4/c19-11-15(16(20)14-9-5-2-6-10-14)18-17(21)22-12-13-7-3-1-4-8-13/h1,3-4,7-8,14-16,19-20H,2,5-6,9-12H2,(H,18,21). The van der Waals surface area contributed by atoms with Crippen LogP contribution in [-0.2, 0) is 11.3 Å². The Morgan fingerprint density at radius 2 is 1.91 bits per heavy atom. The largest absolute Gasteiger partial charge is 0.445 e. The second kappa shape index (κ2) is 8.76. The van der Waals surface area contributed by atoms with E-state index >= 15 is 0 Å². The summed E-state index contributed by atoms with van der Waals surface area (Å²) in [5.74, 6) is 0.139. The van der Waals surface area contributed by atoms with Gasteiger partial charge in [0.05, 0.1) is 18.8 Å². The highest BCUT2D eigenvalue weighted by Crippen LogP contribution is 2.27. The van der Waals surface area contributed by atoms with Gasteiger partial charge in [0.2, 0.25) is 0 Å². The van der Waals surface area contributed by atoms with Gasteiger partial charge in [-0.05, 0) is 24.3 Å². The summed E-state index contributed by atoms with van der Waals surface area (Å²) in [4.78, 5) is 11.8. The van der Waals surface area contributed by atoms with Crippen LogP contribution in [0.2, 0.25) is 0 Å². The van der Waals surface area contributed by atoms with Crippen LogP contribution in [-0.4, -0.2) is 35.1 Å². The van der Waals surface area contributed by atoms with Crippen LogP contribution in [0.4, 0.5) is 4.79 Å². The van der Waals surface area contributed by atoms with Gasteiger partial charge in [-0.2, -0.15) is 0 Å². The maximum Gasteiger partial charge on any atom is 0.407 e. The molecule has 3 N–H and O–H groups in total. The molecule has 0 radical (unpaired) electrons. The van der Waals surface area contributed by atoms with E-state index in [2.05, 4.69) is 5.32 Å². The molecule has 2 atom stereocenters. The number of aliphatic hydroxyl groups is 2. The Morgan fingerprint density at radius 3 is 2.55 bits per heavy atom. The number of rotatable bonds is 6. The first-order valence-electron chi connectivity index (χ1n) is 7.97. The second-order valence-corrected chi connectivity index (χ2v) is 5.88. The van der Waals surface area contributed by atoms with E-state index in [4.69, 9.17) is 4.74 Å². The molecule has 0 spiro atoms. The van der Waals surface area contributed by atoms with Crippen molar-refractivity contribution in [1.29, 1.82) is 0 Å². The maximum atomic E-state index is 11.8. The van der Waals surface area contributed by atoms with Gasteiger partial charge in [-0.15, -0.1) is 0 Å². The second-order valence-electron chi connectivity index (χ2n) is 5.88. The number of carbonyl (C=O) groups excluding carboxylic acids is 1. The molecular formula is C17H25NO4. The van der Waals surface area contributed by atoms with Crippen LogP contribution < -0.4 is 5.32 Å². The van der Waals surface area contributed by atoms with Gasteiger partial charge in [0.25, 0.3) is 0 Å². The molecule has 1 aromatic carbocycles. The molecule has 0 bridgehead atoms. The number of carbonyl (C=O) groups is 1. The molecule has 1 fully saturated rings. The summed E-state index contributed by atoms with van der Waals surface area (Å²) in [6.45, 7) is -0.123. The average molecular weight is 307 g/mol. The molecule has 2 rings (SSSR count). The first-order chi connectivity index (χ1) is 10.7. The lowest BCUT2D eigenvalue weighted by Gasteiger charge is -2.31. The molecule has 1 saturated carbocycles. The van der Waals surface area contributed by atoms with E-state index in [-0.39, 0.29) is 19.1 Å². The Bertz CT molecular complexity index is 445. The summed E-state index contributed by atoms with van der Waals surface area (Å²) in [5, 5.41) is 22.3. The summed E-state index contributed by atoms with van der Waals surface area (Å²) >= 11 is 0. The predicted molar refractivity (Wildman–Crippen MR) is 83.2 cm³/mol. The van der Waals surface area contributed by atoms with Crippen LogP contribution in [0.5, 0.6) is 0 Å². The van der Waals surface area contributed by atoms with Crippen LogP contribution >= 0.6 is 0 Å². The minimum atomic E-state index is -0.727. The minimum absolute atomic E-state index is 0.139. The summed E-state index contributed by atoms with van der Waals surface area (Å²) in [5.41, 5.74) is 0.894. The molecule has 122 valence electrons. The smallest absolute Gasteiger partial charge is 0.407 e. The van der Waals surface area contributed by atoms with Gasteiger partial charge in [-0.1, -0.05) is 49.6 Å². The summed E-state index contributed by atoms with van der Waals surface area (Å²) in [6, 6.07) is 8.71. The van der Waals surface area contributed by atoms with E-state index in [0.29, 0.717) is 0 Å². The number of aliphatic hydroxyl groups excluding tert-OH is 2. The maximum absolute atomic E-state index is 11.8. The number of ether oxygens (including phenoxy) is 1. The number of benzene rings is 1. The Balaban J connectivity index is 1.79. The Morgan fingerprint density at radius 1 is 1.23 bits per heavy atom. The zero-order valence-electron chi connectivity index (χ0n) is 12.8. The molecule has 0 aliphatic heterocycles. The zero-order chi connectivity index (χ0) is 15.8. The molecule has 2 unspecified atom stereocenters. The molecule has 1 aliphatic carbocycles. The molecule has 1 aliphatic rings. The van der Waals surface area contributed by atoms with Gasteiger partial charge in [0, 0.05) is 0 Å². The molecule has 5 heteroatoms. The highest BCUT2D eigenvalue weighted by atomic mass is 16.5. The van der Waals surface area contributed by atoms with E-state index in [1.165, 1.54) is 6.42 Å². The molecule has 0 saturated heterocycles. The molecule has 22 heavy (non-hydrogen) atoms. The lowest BCUT2D eigenvalue weighted by Crippen LogP contribution is -2.49. The van der Waals surface area contributed by atoms with Crippen LogP contribution in [0.15, 0.2) is 30.3 Å². The van der Waals surface area contributed by atoms with Gasteiger partial charge in [-0.25, -0.2) is 4.79 Å². The van der Waals surface area contributed by atoms with Crippen molar-refractivity contribution in [3.05, 3.63) is 35.9 Å². The van der Waals surface area contributed by atoms with Crippen molar-refractivity contribution < 1.29 is 19.7 Å². The fraction of sp³-hybridized carbons (Fsp3) is 0.588. The SMILES string of the molecule is O=C(NC(CO)C(O)C1CCCCC1)OCc1ccccc1. The Labute approximate surface area is 131 Å². The fourth-order valence-corrected chi connectivity index (χ4v) is 2.96. The lowest BCUT2D eigenvalue weighted by molar-refractivity contribution is 0.0264. The van der Waals surface area contributed by atoms with Gasteiger partial charge in [0.15, 0.2) is 0 Å². The van der Waals surface area contributed by atoms with Gasteiger partial charge < -0.3 is 20.3 Å². The highest BCUT2D eigenvalue weighted by molar-refractivity contribution is 5.67. The third kappa shape index (κ3) is 5.00. The van der Waals surface area contributed by atoms with E-state index < -0.39 is 18.2 Å². The van der Waals surface area contributed by atoms with Crippen LogP contribution in [0.25, 0.3) is 0 Å². The molecule has 5 nitrogen and oxygen atoms in total. The predicted octanol–water partition coefficient (Wildman–Crippen LogP) is 2.21. The van der Waals surface area contributed by atoms with Crippen molar-refractivity contribution in [3.63, 3.8) is 0 Å². The van der Waals surface area contributed by atoms with E-state index in [0.717, 1.165) is 31.2 Å². The minimum Gasteiger partial charge on any atom is -0.445 e. The summed E-state index contributed by atoms with van der Waals surface area (Å²) < 4.78 is 5.13. The first kappa shape index (κ1) is 16.8. The number of nitrogens with one attached hydrogen (secondary N) is 1. The number of hydrogen-bond donors (Lipinski definition) is 3. The fourth-order valence-electron chi connectivity index (χ4n) is 2.96. The van der Waals surface area contributed by atoms with E-state index in [1.54, 1.807) is 0 Å². The van der Waals surface area contributed by atoms with Gasteiger partial charge in [-0.3, -0.25) is 0 Å². The lowest BCUT2D eigenvalue weighted by atomic mass is 9.83. The van der Waals surface area contributed by atoms with Gasteiger partial charge >= 0.3 is 6.09 Å². The van der Waals surface area contributed by atoms with Crippen molar-refractivity contribution in [2.45, 2.75) is 50.9 Å². The van der Waals surface area contributed by atoms with Crippen LogP contribution in [0.3, 0.4) is 0 Å². The number of amides is 1. The Hall–Kier alpha value is -1.59. The van der Waals surface area contributed by atoms with E-state index in [1.807, 2.05) is 30.3 Å². The third-order valence-electron chi connectivity index (χ3n) is 4.26. The van der Waals surface area contributed by atoms with Crippen molar-refractivity contribution in [2.75, 3.05) is 6.61 Å². The van der Waals surface area contributed by atoms with Gasteiger partial charge in [0.1, 0.15) is 6.61 Å². The van der Waals surface area contributed by atoms with Crippen LogP contribution in [0, 0.1) is 5.92 Å². The molecular weight excluding hydrogens is 282 g/mol. The normalized spacial score (nSPS) is 18.5. The molecule has 1 aromatic rings. The molecule has 0 aromatic heterocycles. The average Bonchev–Trinajstić information content (AvgIpc) is 2.59. The number of alkyl carbamates (subject to hydrolysis) is 1. The van der Waals surface area contributed by atoms with Crippen molar-refractivity contribution in [1.82, 2.24) is 5.32 Å². The van der Waals surface area contributed by atoms with Crippen molar-refractivity contribution >= 4 is 6.09 Å². The quantitative estimate of drug-likeness (QED) is 0.753. The zero-order valence-corrected chi connectivity index (χ0v) is 12.8. The van der Waals surface area contributed by atoms with Crippen molar-refractivity contribution in [3.8, 4) is 0 Å². The monoisotopic (exact) mass is 307 g/mol. The first-order valence-corrected chi connectivity index (χ1v) is 7.97. The van der Waals surface area contributed by atoms with E-state index in [9.17, 15) is 15.0 Å². The number of hydrogen-bond acceptors (Lipinski definition) is 4. The Kier molecular flexibility index (Phi) is 6.68. The molecule has 0 heterocycles. The third-order valence-corrected chi connectivity index (χ3v) is 4.26. The summed E-state index contributed by atoms with van der Waals surface area (Å²) in [7, 11) is 0.